The molecule has 0 spiro atoms. The summed E-state index contributed by atoms with van der Waals surface area (Å²) in [6.45, 7) is 6.14. The highest BCUT2D eigenvalue weighted by molar-refractivity contribution is 7.99. The highest BCUT2D eigenvalue weighted by atomic mass is 32.2. The Kier molecular flexibility index (Phi) is 7.14. The molecule has 3 atom stereocenters. The fourth-order valence-corrected chi connectivity index (χ4v) is 6.72. The average molecular weight is 516 g/mol. The predicted octanol–water partition coefficient (Wildman–Crippen LogP) is 6.26. The van der Waals surface area contributed by atoms with Crippen LogP contribution in [0.2, 0.25) is 0 Å². The lowest BCUT2D eigenvalue weighted by Crippen LogP contribution is -2.31. The van der Waals surface area contributed by atoms with E-state index in [1.165, 1.54) is 18.6 Å². The van der Waals surface area contributed by atoms with Gasteiger partial charge in [-0.25, -0.2) is 0 Å². The molecular weight excluding hydrogens is 483 g/mol. The number of thioether (sulfide) groups is 1. The van der Waals surface area contributed by atoms with Gasteiger partial charge in [-0.2, -0.15) is 13.2 Å². The summed E-state index contributed by atoms with van der Waals surface area (Å²) in [4.78, 5) is 7.14. The Morgan fingerprint density at radius 2 is 1.81 bits per heavy atom. The summed E-state index contributed by atoms with van der Waals surface area (Å²) in [6.07, 6.45) is 0.0939. The molecule has 2 aliphatic rings. The minimum Gasteiger partial charge on any atom is -0.305 e. The molecule has 3 aromatic rings. The number of halogens is 3. The molecule has 36 heavy (non-hydrogen) atoms. The summed E-state index contributed by atoms with van der Waals surface area (Å²) in [7, 11) is 2.00. The Balaban J connectivity index is 1.12. The molecule has 5 rings (SSSR count). The van der Waals surface area contributed by atoms with Crippen LogP contribution in [-0.4, -0.2) is 49.5 Å². The maximum absolute atomic E-state index is 12.9. The number of hydrogen-bond donors (Lipinski definition) is 0. The predicted molar refractivity (Wildman–Crippen MR) is 136 cm³/mol. The summed E-state index contributed by atoms with van der Waals surface area (Å²) < 4.78 is 40.8. The van der Waals surface area contributed by atoms with E-state index in [-0.39, 0.29) is 0 Å². The molecule has 0 bridgehead atoms. The van der Waals surface area contributed by atoms with Gasteiger partial charge in [-0.1, -0.05) is 23.9 Å². The van der Waals surface area contributed by atoms with Crippen LogP contribution in [0, 0.1) is 19.8 Å². The molecular formula is C27H32F3N5S. The summed E-state index contributed by atoms with van der Waals surface area (Å²) in [5.41, 5.74) is 3.44. The van der Waals surface area contributed by atoms with Crippen LogP contribution in [0.25, 0.3) is 11.4 Å². The minimum atomic E-state index is -4.27. The first kappa shape index (κ1) is 25.3. The fraction of sp³-hybridized carbons (Fsp3) is 0.519. The molecule has 1 aliphatic heterocycles. The van der Waals surface area contributed by atoms with Crippen molar-refractivity contribution in [1.82, 2.24) is 24.6 Å². The fourth-order valence-electron chi connectivity index (χ4n) is 5.88. The lowest BCUT2D eigenvalue weighted by Gasteiger charge is -2.24. The third kappa shape index (κ3) is 5.18. The molecule has 0 amide bonds. The Hall–Kier alpha value is -2.39. The van der Waals surface area contributed by atoms with Crippen molar-refractivity contribution in [3.05, 3.63) is 58.9 Å². The molecule has 9 heteroatoms. The van der Waals surface area contributed by atoms with Gasteiger partial charge < -0.3 is 9.47 Å². The zero-order chi connectivity index (χ0) is 25.4. The van der Waals surface area contributed by atoms with Crippen molar-refractivity contribution >= 4 is 11.8 Å². The van der Waals surface area contributed by atoms with E-state index in [0.29, 0.717) is 17.9 Å². The van der Waals surface area contributed by atoms with Crippen molar-refractivity contribution < 1.29 is 13.2 Å². The monoisotopic (exact) mass is 515 g/mol. The maximum Gasteiger partial charge on any atom is 0.416 e. The zero-order valence-corrected chi connectivity index (χ0v) is 21.7. The number of nitrogens with zero attached hydrogens (tertiary/aromatic N) is 5. The molecule has 1 aliphatic carbocycles. The van der Waals surface area contributed by atoms with E-state index in [1.54, 1.807) is 23.9 Å². The van der Waals surface area contributed by atoms with Gasteiger partial charge in [-0.15, -0.1) is 10.2 Å². The van der Waals surface area contributed by atoms with Gasteiger partial charge in [-0.05, 0) is 94.3 Å². The number of likely N-dealkylation sites (tertiary alicyclic amines) is 1. The Bertz CT molecular complexity index is 1210. The molecule has 1 saturated heterocycles. The smallest absolute Gasteiger partial charge is 0.305 e. The van der Waals surface area contributed by atoms with E-state index in [2.05, 4.69) is 26.1 Å². The van der Waals surface area contributed by atoms with E-state index >= 15 is 0 Å². The summed E-state index contributed by atoms with van der Waals surface area (Å²) in [6, 6.07) is 10.4. The van der Waals surface area contributed by atoms with Crippen molar-refractivity contribution in [3.8, 4) is 11.4 Å². The SMILES string of the molecule is Cc1ccc(-c2nnc(SCCCN3CC[C@@H]4C[C@H](c5ccc(C(F)(F)F)cc5)CC43)n2C)c(C)n1. The van der Waals surface area contributed by atoms with Gasteiger partial charge in [0.15, 0.2) is 11.0 Å². The van der Waals surface area contributed by atoms with Crippen molar-refractivity contribution in [1.29, 1.82) is 0 Å². The van der Waals surface area contributed by atoms with Crippen LogP contribution in [-0.2, 0) is 13.2 Å². The van der Waals surface area contributed by atoms with Crippen LogP contribution >= 0.6 is 11.8 Å². The van der Waals surface area contributed by atoms with E-state index in [0.717, 1.165) is 71.6 Å². The van der Waals surface area contributed by atoms with Crippen molar-refractivity contribution in [3.63, 3.8) is 0 Å². The van der Waals surface area contributed by atoms with Gasteiger partial charge in [0.1, 0.15) is 0 Å². The van der Waals surface area contributed by atoms with E-state index in [1.807, 2.05) is 31.5 Å². The second kappa shape index (κ2) is 10.2. The molecule has 2 aromatic heterocycles. The molecule has 5 nitrogen and oxygen atoms in total. The van der Waals surface area contributed by atoms with Gasteiger partial charge in [0.05, 0.1) is 5.56 Å². The van der Waals surface area contributed by atoms with Crippen molar-refractivity contribution in [2.24, 2.45) is 13.0 Å². The molecule has 0 radical (unpaired) electrons. The Morgan fingerprint density at radius 1 is 1.03 bits per heavy atom. The van der Waals surface area contributed by atoms with E-state index in [9.17, 15) is 13.2 Å². The van der Waals surface area contributed by atoms with Crippen molar-refractivity contribution in [2.75, 3.05) is 18.8 Å². The second-order valence-electron chi connectivity index (χ2n) is 10.1. The van der Waals surface area contributed by atoms with E-state index < -0.39 is 11.7 Å². The largest absolute Gasteiger partial charge is 0.416 e. The summed E-state index contributed by atoms with van der Waals surface area (Å²) >= 11 is 1.73. The maximum atomic E-state index is 12.9. The number of rotatable bonds is 7. The zero-order valence-electron chi connectivity index (χ0n) is 20.9. The van der Waals surface area contributed by atoms with Crippen LogP contribution in [0.1, 0.15) is 54.1 Å². The third-order valence-corrected chi connectivity index (χ3v) is 8.85. The Morgan fingerprint density at radius 3 is 2.53 bits per heavy atom. The van der Waals surface area contributed by atoms with Gasteiger partial charge in [0, 0.05) is 35.8 Å². The van der Waals surface area contributed by atoms with E-state index in [4.69, 9.17) is 0 Å². The molecule has 0 N–H and O–H groups in total. The highest BCUT2D eigenvalue weighted by Gasteiger charge is 2.42. The molecule has 1 aromatic carbocycles. The topological polar surface area (TPSA) is 46.8 Å². The Labute approximate surface area is 214 Å². The number of alkyl halides is 3. The number of fused-ring (bicyclic) bond motifs is 1. The number of benzene rings is 1. The van der Waals surface area contributed by atoms with Gasteiger partial charge in [0.2, 0.25) is 0 Å². The molecule has 1 saturated carbocycles. The van der Waals surface area contributed by atoms with Crippen molar-refractivity contribution in [2.45, 2.75) is 62.8 Å². The number of pyridine rings is 1. The first-order valence-corrected chi connectivity index (χ1v) is 13.6. The number of aromatic nitrogens is 4. The van der Waals surface area contributed by atoms with Crippen LogP contribution in [0.3, 0.4) is 0 Å². The molecule has 1 unspecified atom stereocenters. The lowest BCUT2D eigenvalue weighted by atomic mass is 9.94. The normalized spacial score (nSPS) is 22.3. The average Bonchev–Trinajstić information content (AvgIpc) is 3.52. The summed E-state index contributed by atoms with van der Waals surface area (Å²) in [5.74, 6) is 2.81. The van der Waals surface area contributed by atoms with Crippen LogP contribution < -0.4 is 0 Å². The lowest BCUT2D eigenvalue weighted by molar-refractivity contribution is -0.137. The highest BCUT2D eigenvalue weighted by Crippen LogP contribution is 2.46. The standard InChI is InChI=1S/C27H32F3N5S/c1-17-5-10-23(18(2)31-17)25-32-33-26(34(25)3)36-14-4-12-35-13-11-20-15-21(16-24(20)35)19-6-8-22(9-7-19)27(28,29)30/h5-10,20-21,24H,4,11-16H2,1-3H3/t20-,21+,24?/m1/s1. The first-order chi connectivity index (χ1) is 17.2. The summed E-state index contributed by atoms with van der Waals surface area (Å²) in [5, 5.41) is 9.73. The van der Waals surface area contributed by atoms with Crippen LogP contribution in [0.5, 0.6) is 0 Å². The molecule has 3 heterocycles. The van der Waals surface area contributed by atoms with Crippen LogP contribution in [0.15, 0.2) is 41.6 Å². The minimum absolute atomic E-state index is 0.358. The molecule has 2 fully saturated rings. The van der Waals surface area contributed by atoms with Gasteiger partial charge >= 0.3 is 6.18 Å². The quantitative estimate of drug-likeness (QED) is 0.274. The first-order valence-electron chi connectivity index (χ1n) is 12.6. The van der Waals surface area contributed by atoms with Gasteiger partial charge in [0.25, 0.3) is 0 Å². The van der Waals surface area contributed by atoms with Crippen LogP contribution in [0.4, 0.5) is 13.2 Å². The number of aryl methyl sites for hydroxylation is 2. The third-order valence-electron chi connectivity index (χ3n) is 7.74. The molecule has 192 valence electrons. The second-order valence-corrected chi connectivity index (χ2v) is 11.2. The number of hydrogen-bond acceptors (Lipinski definition) is 5. The van der Waals surface area contributed by atoms with Gasteiger partial charge in [-0.3, -0.25) is 4.98 Å².